The third-order valence-electron chi connectivity index (χ3n) is 2.24. The summed E-state index contributed by atoms with van der Waals surface area (Å²) in [5, 5.41) is 4.33. The minimum absolute atomic E-state index is 0.303. The van der Waals surface area contributed by atoms with E-state index in [0.29, 0.717) is 22.6 Å². The Balaban J connectivity index is 2.10. The summed E-state index contributed by atoms with van der Waals surface area (Å²) in [6.07, 6.45) is 1.39. The SMILES string of the molecule is Clc1cc(Oc2ccccc2Br)n2ncnc2n1. The van der Waals surface area contributed by atoms with Gasteiger partial charge in [0.2, 0.25) is 5.88 Å². The van der Waals surface area contributed by atoms with E-state index in [0.717, 1.165) is 4.47 Å². The lowest BCUT2D eigenvalue weighted by molar-refractivity contribution is 0.443. The summed E-state index contributed by atoms with van der Waals surface area (Å²) in [4.78, 5) is 7.99. The van der Waals surface area contributed by atoms with E-state index in [1.54, 1.807) is 6.07 Å². The Morgan fingerprint density at radius 3 is 2.94 bits per heavy atom. The van der Waals surface area contributed by atoms with E-state index in [4.69, 9.17) is 16.3 Å². The molecule has 3 rings (SSSR count). The molecular weight excluding hydrogens is 320 g/mol. The summed E-state index contributed by atoms with van der Waals surface area (Å²) in [7, 11) is 0. The molecule has 0 aliphatic carbocycles. The van der Waals surface area contributed by atoms with Crippen molar-refractivity contribution < 1.29 is 4.74 Å². The molecule has 2 heterocycles. The van der Waals surface area contributed by atoms with Crippen LogP contribution in [0.2, 0.25) is 5.15 Å². The maximum absolute atomic E-state index is 5.90. The predicted molar refractivity (Wildman–Crippen MR) is 70.0 cm³/mol. The highest BCUT2D eigenvalue weighted by Gasteiger charge is 2.09. The first-order valence-electron chi connectivity index (χ1n) is 5.03. The summed E-state index contributed by atoms with van der Waals surface area (Å²) in [6, 6.07) is 9.09. The van der Waals surface area contributed by atoms with Crippen LogP contribution in [0.5, 0.6) is 11.6 Å². The van der Waals surface area contributed by atoms with Crippen LogP contribution >= 0.6 is 27.5 Å². The monoisotopic (exact) mass is 324 g/mol. The van der Waals surface area contributed by atoms with E-state index < -0.39 is 0 Å². The zero-order valence-corrected chi connectivity index (χ0v) is 11.3. The van der Waals surface area contributed by atoms with Gasteiger partial charge < -0.3 is 4.74 Å². The van der Waals surface area contributed by atoms with Crippen molar-refractivity contribution in [3.8, 4) is 11.6 Å². The summed E-state index contributed by atoms with van der Waals surface area (Å²) >= 11 is 9.31. The average Bonchev–Trinajstić information content (AvgIpc) is 2.80. The third kappa shape index (κ3) is 2.04. The number of fused-ring (bicyclic) bond motifs is 1. The van der Waals surface area contributed by atoms with Crippen molar-refractivity contribution in [3.63, 3.8) is 0 Å². The molecule has 0 radical (unpaired) electrons. The number of rotatable bonds is 2. The van der Waals surface area contributed by atoms with Crippen LogP contribution in [0, 0.1) is 0 Å². The first-order valence-corrected chi connectivity index (χ1v) is 6.20. The molecule has 0 fully saturated rings. The van der Waals surface area contributed by atoms with Crippen molar-refractivity contribution in [3.05, 3.63) is 46.3 Å². The summed E-state index contributed by atoms with van der Waals surface area (Å²) in [6.45, 7) is 0. The van der Waals surface area contributed by atoms with E-state index in [2.05, 4.69) is 31.0 Å². The van der Waals surface area contributed by atoms with E-state index in [1.165, 1.54) is 10.8 Å². The van der Waals surface area contributed by atoms with Gasteiger partial charge in [0.25, 0.3) is 5.78 Å². The first kappa shape index (κ1) is 11.4. The number of aromatic nitrogens is 4. The number of para-hydroxylation sites is 1. The number of benzene rings is 1. The lowest BCUT2D eigenvalue weighted by atomic mass is 10.3. The molecule has 90 valence electrons. The lowest BCUT2D eigenvalue weighted by Gasteiger charge is -2.08. The molecule has 7 heteroatoms. The van der Waals surface area contributed by atoms with Gasteiger partial charge in [-0.2, -0.15) is 19.6 Å². The fourth-order valence-electron chi connectivity index (χ4n) is 1.47. The number of hydrogen-bond acceptors (Lipinski definition) is 4. The third-order valence-corrected chi connectivity index (χ3v) is 3.09. The highest BCUT2D eigenvalue weighted by atomic mass is 79.9. The lowest BCUT2D eigenvalue weighted by Crippen LogP contribution is -1.98. The van der Waals surface area contributed by atoms with E-state index in [-0.39, 0.29) is 0 Å². The van der Waals surface area contributed by atoms with Crippen molar-refractivity contribution in [1.29, 1.82) is 0 Å². The van der Waals surface area contributed by atoms with Gasteiger partial charge in [-0.25, -0.2) is 0 Å². The maximum Gasteiger partial charge on any atom is 0.256 e. The Kier molecular flexibility index (Phi) is 2.89. The number of halogens is 2. The summed E-state index contributed by atoms with van der Waals surface area (Å²) in [5.41, 5.74) is 0. The highest BCUT2D eigenvalue weighted by Crippen LogP contribution is 2.29. The molecular formula is C11H6BrClN4O. The van der Waals surface area contributed by atoms with Crippen molar-refractivity contribution in [1.82, 2.24) is 19.6 Å². The van der Waals surface area contributed by atoms with Gasteiger partial charge in [0.1, 0.15) is 17.2 Å². The van der Waals surface area contributed by atoms with Crippen LogP contribution in [-0.4, -0.2) is 19.6 Å². The molecule has 0 N–H and O–H groups in total. The summed E-state index contributed by atoms with van der Waals surface area (Å²) < 4.78 is 8.07. The van der Waals surface area contributed by atoms with Crippen molar-refractivity contribution in [2.45, 2.75) is 0 Å². The van der Waals surface area contributed by atoms with Gasteiger partial charge in [-0.1, -0.05) is 23.7 Å². The normalized spacial score (nSPS) is 10.8. The zero-order chi connectivity index (χ0) is 12.5. The second-order valence-electron chi connectivity index (χ2n) is 3.42. The molecule has 5 nitrogen and oxygen atoms in total. The van der Waals surface area contributed by atoms with Crippen molar-refractivity contribution >= 4 is 33.3 Å². The van der Waals surface area contributed by atoms with Crippen LogP contribution in [0.3, 0.4) is 0 Å². The van der Waals surface area contributed by atoms with Gasteiger partial charge in [-0.05, 0) is 28.1 Å². The van der Waals surface area contributed by atoms with E-state index in [9.17, 15) is 0 Å². The molecule has 0 bridgehead atoms. The van der Waals surface area contributed by atoms with Gasteiger partial charge in [0, 0.05) is 6.07 Å². The van der Waals surface area contributed by atoms with E-state index in [1.807, 2.05) is 24.3 Å². The molecule has 0 saturated carbocycles. The van der Waals surface area contributed by atoms with Crippen LogP contribution < -0.4 is 4.74 Å². The Bertz CT molecular complexity index is 715. The van der Waals surface area contributed by atoms with Crippen LogP contribution in [0.25, 0.3) is 5.78 Å². The quantitative estimate of drug-likeness (QED) is 0.678. The Labute approximate surface area is 116 Å². The molecule has 18 heavy (non-hydrogen) atoms. The molecule has 1 aromatic carbocycles. The number of nitrogens with zero attached hydrogens (tertiary/aromatic N) is 4. The van der Waals surface area contributed by atoms with Gasteiger partial charge in [-0.15, -0.1) is 0 Å². The second-order valence-corrected chi connectivity index (χ2v) is 4.66. The second kappa shape index (κ2) is 4.55. The van der Waals surface area contributed by atoms with Crippen LogP contribution in [0.1, 0.15) is 0 Å². The molecule has 0 atom stereocenters. The number of ether oxygens (including phenoxy) is 1. The van der Waals surface area contributed by atoms with Gasteiger partial charge >= 0.3 is 0 Å². The fourth-order valence-corrected chi connectivity index (χ4v) is 2.01. The average molecular weight is 326 g/mol. The molecule has 2 aromatic heterocycles. The Morgan fingerprint density at radius 1 is 1.28 bits per heavy atom. The predicted octanol–water partition coefficient (Wildman–Crippen LogP) is 3.33. The Hall–Kier alpha value is -1.66. The van der Waals surface area contributed by atoms with Crippen molar-refractivity contribution in [2.75, 3.05) is 0 Å². The first-order chi connectivity index (χ1) is 8.74. The minimum Gasteiger partial charge on any atom is -0.438 e. The molecule has 0 saturated heterocycles. The molecule has 0 unspecified atom stereocenters. The highest BCUT2D eigenvalue weighted by molar-refractivity contribution is 9.10. The fraction of sp³-hybridized carbons (Fsp3) is 0. The van der Waals surface area contributed by atoms with Crippen LogP contribution in [-0.2, 0) is 0 Å². The van der Waals surface area contributed by atoms with Crippen LogP contribution in [0.15, 0.2) is 41.1 Å². The summed E-state index contributed by atoms with van der Waals surface area (Å²) in [5.74, 6) is 1.51. The van der Waals surface area contributed by atoms with Crippen molar-refractivity contribution in [2.24, 2.45) is 0 Å². The van der Waals surface area contributed by atoms with Gasteiger partial charge in [0.15, 0.2) is 0 Å². The molecule has 0 spiro atoms. The molecule has 3 aromatic rings. The number of hydrogen-bond donors (Lipinski definition) is 0. The molecule has 0 aliphatic rings. The van der Waals surface area contributed by atoms with E-state index >= 15 is 0 Å². The van der Waals surface area contributed by atoms with Gasteiger partial charge in [-0.3, -0.25) is 0 Å². The van der Waals surface area contributed by atoms with Crippen LogP contribution in [0.4, 0.5) is 0 Å². The standard InChI is InChI=1S/C11H6BrClN4O/c12-7-3-1-2-4-8(7)18-10-5-9(13)16-11-14-6-15-17(10)11/h1-6H. The smallest absolute Gasteiger partial charge is 0.256 e. The van der Waals surface area contributed by atoms with Gasteiger partial charge in [0.05, 0.1) is 4.47 Å². The zero-order valence-electron chi connectivity index (χ0n) is 8.92. The molecule has 0 aliphatic heterocycles. The largest absolute Gasteiger partial charge is 0.438 e. The molecule has 0 amide bonds. The maximum atomic E-state index is 5.90. The Morgan fingerprint density at radius 2 is 2.11 bits per heavy atom. The topological polar surface area (TPSA) is 52.3 Å². The minimum atomic E-state index is 0.303.